The predicted molar refractivity (Wildman–Crippen MR) is 47.7 cm³/mol. The Labute approximate surface area is 76.5 Å². The zero-order valence-corrected chi connectivity index (χ0v) is 7.46. The van der Waals surface area contributed by atoms with Gasteiger partial charge in [0.05, 0.1) is 18.8 Å². The lowest BCUT2D eigenvalue weighted by atomic mass is 9.95. The first kappa shape index (κ1) is 8.66. The van der Waals surface area contributed by atoms with Crippen LogP contribution in [-0.2, 0) is 4.74 Å². The van der Waals surface area contributed by atoms with Gasteiger partial charge in [0.15, 0.2) is 0 Å². The number of fused-ring (bicyclic) bond motifs is 1. The Morgan fingerprint density at radius 3 is 3.00 bits per heavy atom. The molecule has 2 nitrogen and oxygen atoms in total. The van der Waals surface area contributed by atoms with Crippen LogP contribution < -0.4 is 5.73 Å². The summed E-state index contributed by atoms with van der Waals surface area (Å²) in [6.07, 6.45) is 0.0235. The van der Waals surface area contributed by atoms with Gasteiger partial charge in [-0.3, -0.25) is 0 Å². The topological polar surface area (TPSA) is 35.2 Å². The third-order valence-electron chi connectivity index (χ3n) is 2.41. The fraction of sp³-hybridized carbons (Fsp3) is 0.400. The number of hydrogen-bond acceptors (Lipinski definition) is 2. The summed E-state index contributed by atoms with van der Waals surface area (Å²) in [5.41, 5.74) is 7.66. The minimum absolute atomic E-state index is 0.0235. The van der Waals surface area contributed by atoms with E-state index < -0.39 is 0 Å². The SMILES string of the molecule is C[C@@H]1OCC(N)c2cc(F)ccc21. The van der Waals surface area contributed by atoms with E-state index in [2.05, 4.69) is 0 Å². The number of halogens is 1. The Morgan fingerprint density at radius 2 is 2.23 bits per heavy atom. The lowest BCUT2D eigenvalue weighted by Gasteiger charge is -2.27. The van der Waals surface area contributed by atoms with E-state index in [-0.39, 0.29) is 18.0 Å². The third-order valence-corrected chi connectivity index (χ3v) is 2.41. The highest BCUT2D eigenvalue weighted by atomic mass is 19.1. The monoisotopic (exact) mass is 181 g/mol. The van der Waals surface area contributed by atoms with Crippen molar-refractivity contribution in [3.05, 3.63) is 35.1 Å². The van der Waals surface area contributed by atoms with Gasteiger partial charge in [0.1, 0.15) is 5.82 Å². The predicted octanol–water partition coefficient (Wildman–Crippen LogP) is 1.92. The Kier molecular flexibility index (Phi) is 2.06. The molecule has 70 valence electrons. The smallest absolute Gasteiger partial charge is 0.123 e. The zero-order valence-electron chi connectivity index (χ0n) is 7.46. The summed E-state index contributed by atoms with van der Waals surface area (Å²) in [5, 5.41) is 0. The lowest BCUT2D eigenvalue weighted by Crippen LogP contribution is -2.25. The van der Waals surface area contributed by atoms with Crippen molar-refractivity contribution in [2.75, 3.05) is 6.61 Å². The third kappa shape index (κ3) is 1.45. The molecule has 2 atom stereocenters. The minimum Gasteiger partial charge on any atom is -0.372 e. The summed E-state index contributed by atoms with van der Waals surface area (Å²) in [4.78, 5) is 0. The molecular weight excluding hydrogens is 169 g/mol. The van der Waals surface area contributed by atoms with Crippen LogP contribution in [0.2, 0.25) is 0 Å². The van der Waals surface area contributed by atoms with Crippen molar-refractivity contribution in [2.45, 2.75) is 19.1 Å². The van der Waals surface area contributed by atoms with Crippen LogP contribution in [0.1, 0.15) is 30.2 Å². The Bertz CT molecular complexity index is 327. The van der Waals surface area contributed by atoms with Crippen molar-refractivity contribution in [3.63, 3.8) is 0 Å². The highest BCUT2D eigenvalue weighted by Crippen LogP contribution is 2.31. The average Bonchev–Trinajstić information content (AvgIpc) is 2.12. The molecule has 3 heteroatoms. The molecule has 0 saturated carbocycles. The van der Waals surface area contributed by atoms with Gasteiger partial charge < -0.3 is 10.5 Å². The molecule has 0 radical (unpaired) electrons. The van der Waals surface area contributed by atoms with Crippen LogP contribution in [0.3, 0.4) is 0 Å². The summed E-state index contributed by atoms with van der Waals surface area (Å²) >= 11 is 0. The van der Waals surface area contributed by atoms with Gasteiger partial charge in [-0.2, -0.15) is 0 Å². The van der Waals surface area contributed by atoms with Gasteiger partial charge in [-0.05, 0) is 30.2 Å². The molecule has 0 amide bonds. The van der Waals surface area contributed by atoms with Crippen molar-refractivity contribution < 1.29 is 9.13 Å². The van der Waals surface area contributed by atoms with Gasteiger partial charge in [-0.1, -0.05) is 6.07 Å². The molecule has 0 bridgehead atoms. The maximum Gasteiger partial charge on any atom is 0.123 e. The van der Waals surface area contributed by atoms with Crippen LogP contribution >= 0.6 is 0 Å². The Morgan fingerprint density at radius 1 is 1.46 bits per heavy atom. The van der Waals surface area contributed by atoms with Gasteiger partial charge in [0.25, 0.3) is 0 Å². The largest absolute Gasteiger partial charge is 0.372 e. The van der Waals surface area contributed by atoms with Crippen molar-refractivity contribution in [3.8, 4) is 0 Å². The number of ether oxygens (including phenoxy) is 1. The van der Waals surface area contributed by atoms with Gasteiger partial charge >= 0.3 is 0 Å². The summed E-state index contributed by atoms with van der Waals surface area (Å²) in [6.45, 7) is 2.42. The molecule has 1 heterocycles. The van der Waals surface area contributed by atoms with E-state index in [9.17, 15) is 4.39 Å². The summed E-state index contributed by atoms with van der Waals surface area (Å²) < 4.78 is 18.3. The Balaban J connectivity index is 2.50. The Hall–Kier alpha value is -0.930. The van der Waals surface area contributed by atoms with Crippen LogP contribution in [0.25, 0.3) is 0 Å². The van der Waals surface area contributed by atoms with Crippen molar-refractivity contribution >= 4 is 0 Å². The molecule has 1 aliphatic heterocycles. The second-order valence-electron chi connectivity index (χ2n) is 3.36. The maximum absolute atomic E-state index is 12.9. The van der Waals surface area contributed by atoms with E-state index in [1.54, 1.807) is 6.07 Å². The zero-order chi connectivity index (χ0) is 9.42. The second-order valence-corrected chi connectivity index (χ2v) is 3.36. The summed E-state index contributed by atoms with van der Waals surface area (Å²) in [7, 11) is 0. The van der Waals surface area contributed by atoms with Crippen molar-refractivity contribution in [1.82, 2.24) is 0 Å². The first-order valence-corrected chi connectivity index (χ1v) is 4.35. The minimum atomic E-state index is -0.233. The van der Waals surface area contributed by atoms with Crippen LogP contribution in [0.15, 0.2) is 18.2 Å². The molecule has 0 spiro atoms. The number of rotatable bonds is 0. The standard InChI is InChI=1S/C10H12FNO/c1-6-8-3-2-7(11)4-9(8)10(12)5-13-6/h2-4,6,10H,5,12H2,1H3/t6-,10?/m0/s1. The molecule has 2 rings (SSSR count). The molecule has 2 N–H and O–H groups in total. The molecule has 13 heavy (non-hydrogen) atoms. The molecule has 0 fully saturated rings. The molecule has 0 aliphatic carbocycles. The summed E-state index contributed by atoms with van der Waals surface area (Å²) in [6, 6.07) is 4.49. The summed E-state index contributed by atoms with van der Waals surface area (Å²) in [5.74, 6) is -0.233. The van der Waals surface area contributed by atoms with Crippen LogP contribution in [-0.4, -0.2) is 6.61 Å². The molecule has 0 aromatic heterocycles. The average molecular weight is 181 g/mol. The quantitative estimate of drug-likeness (QED) is 0.663. The number of benzene rings is 1. The lowest BCUT2D eigenvalue weighted by molar-refractivity contribution is 0.0406. The molecule has 1 aromatic rings. The van der Waals surface area contributed by atoms with E-state index in [1.165, 1.54) is 12.1 Å². The van der Waals surface area contributed by atoms with E-state index >= 15 is 0 Å². The van der Waals surface area contributed by atoms with Gasteiger partial charge in [0.2, 0.25) is 0 Å². The number of hydrogen-bond donors (Lipinski definition) is 1. The van der Waals surface area contributed by atoms with Crippen molar-refractivity contribution in [2.24, 2.45) is 5.73 Å². The van der Waals surface area contributed by atoms with Gasteiger partial charge in [-0.25, -0.2) is 4.39 Å². The van der Waals surface area contributed by atoms with E-state index in [4.69, 9.17) is 10.5 Å². The first-order valence-electron chi connectivity index (χ1n) is 4.35. The highest BCUT2D eigenvalue weighted by Gasteiger charge is 2.22. The van der Waals surface area contributed by atoms with Crippen LogP contribution in [0, 0.1) is 5.82 Å². The van der Waals surface area contributed by atoms with Gasteiger partial charge in [-0.15, -0.1) is 0 Å². The molecule has 1 aliphatic rings. The van der Waals surface area contributed by atoms with Crippen LogP contribution in [0.5, 0.6) is 0 Å². The molecular formula is C10H12FNO. The highest BCUT2D eigenvalue weighted by molar-refractivity contribution is 5.33. The van der Waals surface area contributed by atoms with E-state index in [0.29, 0.717) is 6.61 Å². The number of nitrogens with two attached hydrogens (primary N) is 1. The van der Waals surface area contributed by atoms with E-state index in [0.717, 1.165) is 11.1 Å². The molecule has 0 saturated heterocycles. The van der Waals surface area contributed by atoms with Crippen molar-refractivity contribution in [1.29, 1.82) is 0 Å². The molecule has 1 aromatic carbocycles. The second kappa shape index (κ2) is 3.09. The maximum atomic E-state index is 12.9. The normalized spacial score (nSPS) is 27.0. The first-order chi connectivity index (χ1) is 6.18. The van der Waals surface area contributed by atoms with E-state index in [1.807, 2.05) is 6.92 Å². The molecule has 1 unspecified atom stereocenters. The fourth-order valence-electron chi connectivity index (χ4n) is 1.66. The van der Waals surface area contributed by atoms with Crippen LogP contribution in [0.4, 0.5) is 4.39 Å². The van der Waals surface area contributed by atoms with Gasteiger partial charge in [0, 0.05) is 0 Å². The fourth-order valence-corrected chi connectivity index (χ4v) is 1.66.